The van der Waals surface area contributed by atoms with Gasteiger partial charge in [0.25, 0.3) is 0 Å². The number of hydrogen-bond acceptors (Lipinski definition) is 4. The van der Waals surface area contributed by atoms with E-state index in [-0.39, 0.29) is 0 Å². The van der Waals surface area contributed by atoms with E-state index in [4.69, 9.17) is 0 Å². The van der Waals surface area contributed by atoms with Crippen molar-refractivity contribution >= 4 is 38.9 Å². The Hall–Kier alpha value is -1.40. The van der Waals surface area contributed by atoms with Gasteiger partial charge < -0.3 is 5.32 Å². The second kappa shape index (κ2) is 5.30. The third-order valence-electron chi connectivity index (χ3n) is 2.76. The van der Waals surface area contributed by atoms with Gasteiger partial charge in [0.1, 0.15) is 0 Å². The SMILES string of the molecule is Cc1ccc2nc(NCCc3ccc(Br)s3)nn2c1. The van der Waals surface area contributed by atoms with Gasteiger partial charge in [0.05, 0.1) is 3.79 Å². The molecule has 0 saturated carbocycles. The summed E-state index contributed by atoms with van der Waals surface area (Å²) in [6.45, 7) is 2.88. The summed E-state index contributed by atoms with van der Waals surface area (Å²) >= 11 is 5.23. The average Bonchev–Trinajstić information content (AvgIpc) is 2.95. The van der Waals surface area contributed by atoms with Crippen LogP contribution in [0.4, 0.5) is 5.95 Å². The first-order valence-electron chi connectivity index (χ1n) is 6.02. The molecule has 98 valence electrons. The maximum Gasteiger partial charge on any atom is 0.243 e. The summed E-state index contributed by atoms with van der Waals surface area (Å²) in [5, 5.41) is 7.66. The molecule has 0 amide bonds. The van der Waals surface area contributed by atoms with Gasteiger partial charge in [0.2, 0.25) is 5.95 Å². The fraction of sp³-hybridized carbons (Fsp3) is 0.231. The fourth-order valence-electron chi connectivity index (χ4n) is 1.84. The number of anilines is 1. The van der Waals surface area contributed by atoms with Crippen LogP contribution in [0.5, 0.6) is 0 Å². The molecule has 0 radical (unpaired) electrons. The molecule has 0 spiro atoms. The number of rotatable bonds is 4. The van der Waals surface area contributed by atoms with Crippen molar-refractivity contribution in [3.05, 3.63) is 44.7 Å². The van der Waals surface area contributed by atoms with E-state index >= 15 is 0 Å². The molecule has 3 aromatic heterocycles. The molecule has 19 heavy (non-hydrogen) atoms. The highest BCUT2D eigenvalue weighted by Gasteiger charge is 2.03. The van der Waals surface area contributed by atoms with Gasteiger partial charge in [0.15, 0.2) is 5.65 Å². The summed E-state index contributed by atoms with van der Waals surface area (Å²) in [4.78, 5) is 5.77. The van der Waals surface area contributed by atoms with Gasteiger partial charge in [-0.15, -0.1) is 16.4 Å². The van der Waals surface area contributed by atoms with Crippen LogP contribution in [0, 0.1) is 6.92 Å². The Balaban J connectivity index is 1.65. The fourth-order valence-corrected chi connectivity index (χ4v) is 3.33. The van der Waals surface area contributed by atoms with E-state index in [2.05, 4.69) is 43.5 Å². The molecule has 3 aromatic rings. The Morgan fingerprint density at radius 2 is 2.21 bits per heavy atom. The summed E-state index contributed by atoms with van der Waals surface area (Å²) in [5.41, 5.74) is 2.04. The molecule has 1 N–H and O–H groups in total. The molecule has 6 heteroatoms. The molecule has 0 unspecified atom stereocenters. The lowest BCUT2D eigenvalue weighted by Gasteiger charge is -1.98. The van der Waals surface area contributed by atoms with E-state index in [1.54, 1.807) is 15.9 Å². The number of thiophene rings is 1. The Morgan fingerprint density at radius 1 is 1.32 bits per heavy atom. The molecule has 0 aliphatic carbocycles. The van der Waals surface area contributed by atoms with Crippen molar-refractivity contribution in [3.63, 3.8) is 0 Å². The summed E-state index contributed by atoms with van der Waals surface area (Å²) < 4.78 is 2.98. The Bertz CT molecular complexity index is 704. The van der Waals surface area contributed by atoms with Crippen molar-refractivity contribution in [3.8, 4) is 0 Å². The second-order valence-electron chi connectivity index (χ2n) is 4.33. The highest BCUT2D eigenvalue weighted by Crippen LogP contribution is 2.22. The van der Waals surface area contributed by atoms with E-state index in [1.165, 1.54) is 14.2 Å². The highest BCUT2D eigenvalue weighted by molar-refractivity contribution is 9.11. The molecule has 0 aliphatic heterocycles. The van der Waals surface area contributed by atoms with Crippen molar-refractivity contribution < 1.29 is 0 Å². The maximum absolute atomic E-state index is 4.43. The van der Waals surface area contributed by atoms with Crippen LogP contribution in [0.15, 0.2) is 34.2 Å². The zero-order valence-electron chi connectivity index (χ0n) is 10.4. The summed E-state index contributed by atoms with van der Waals surface area (Å²) in [6.07, 6.45) is 2.95. The van der Waals surface area contributed by atoms with Crippen molar-refractivity contribution in [2.45, 2.75) is 13.3 Å². The van der Waals surface area contributed by atoms with Crippen molar-refractivity contribution in [2.24, 2.45) is 0 Å². The third kappa shape index (κ3) is 2.96. The molecule has 0 atom stereocenters. The van der Waals surface area contributed by atoms with Crippen LogP contribution in [0.1, 0.15) is 10.4 Å². The van der Waals surface area contributed by atoms with Gasteiger partial charge >= 0.3 is 0 Å². The van der Waals surface area contributed by atoms with Crippen LogP contribution in [-0.2, 0) is 6.42 Å². The van der Waals surface area contributed by atoms with Crippen LogP contribution in [-0.4, -0.2) is 21.1 Å². The topological polar surface area (TPSA) is 42.2 Å². The van der Waals surface area contributed by atoms with Crippen molar-refractivity contribution in [1.29, 1.82) is 0 Å². The van der Waals surface area contributed by atoms with E-state index in [1.807, 2.05) is 25.3 Å². The number of nitrogens with one attached hydrogen (secondary N) is 1. The van der Waals surface area contributed by atoms with Gasteiger partial charge in [-0.1, -0.05) is 6.07 Å². The van der Waals surface area contributed by atoms with Crippen LogP contribution in [0.3, 0.4) is 0 Å². The first-order chi connectivity index (χ1) is 9.20. The smallest absolute Gasteiger partial charge is 0.243 e. The maximum atomic E-state index is 4.43. The monoisotopic (exact) mass is 336 g/mol. The zero-order chi connectivity index (χ0) is 13.2. The molecule has 0 bridgehead atoms. The second-order valence-corrected chi connectivity index (χ2v) is 6.87. The van der Waals surface area contributed by atoms with Crippen LogP contribution in [0.2, 0.25) is 0 Å². The van der Waals surface area contributed by atoms with Crippen LogP contribution in [0.25, 0.3) is 5.65 Å². The number of pyridine rings is 1. The first kappa shape index (κ1) is 12.6. The lowest BCUT2D eigenvalue weighted by Crippen LogP contribution is -2.05. The number of hydrogen-bond donors (Lipinski definition) is 1. The minimum atomic E-state index is 0.682. The first-order valence-corrected chi connectivity index (χ1v) is 7.63. The number of aromatic nitrogens is 3. The number of halogens is 1. The van der Waals surface area contributed by atoms with Gasteiger partial charge in [-0.05, 0) is 53.0 Å². The molecule has 0 fully saturated rings. The number of nitrogens with zero attached hydrogens (tertiary/aromatic N) is 3. The van der Waals surface area contributed by atoms with E-state index in [9.17, 15) is 0 Å². The largest absolute Gasteiger partial charge is 0.353 e. The third-order valence-corrected chi connectivity index (χ3v) is 4.45. The quantitative estimate of drug-likeness (QED) is 0.792. The standard InChI is InChI=1S/C13H13BrN4S/c1-9-2-5-12-16-13(17-18(12)8-9)15-7-6-10-3-4-11(14)19-10/h2-5,8H,6-7H2,1H3,(H,15,17). The van der Waals surface area contributed by atoms with Crippen LogP contribution >= 0.6 is 27.3 Å². The van der Waals surface area contributed by atoms with E-state index in [0.717, 1.165) is 18.6 Å². The Morgan fingerprint density at radius 3 is 3.00 bits per heavy atom. The van der Waals surface area contributed by atoms with E-state index < -0.39 is 0 Å². The molecule has 4 nitrogen and oxygen atoms in total. The number of fused-ring (bicyclic) bond motifs is 1. The summed E-state index contributed by atoms with van der Waals surface area (Å²) in [5.74, 6) is 0.682. The van der Waals surface area contributed by atoms with E-state index in [0.29, 0.717) is 5.95 Å². The minimum absolute atomic E-state index is 0.682. The molecule has 3 rings (SSSR count). The van der Waals surface area contributed by atoms with Crippen LogP contribution < -0.4 is 5.32 Å². The van der Waals surface area contributed by atoms with Crippen molar-refractivity contribution in [2.75, 3.05) is 11.9 Å². The Kier molecular flexibility index (Phi) is 3.52. The molecular formula is C13H13BrN4S. The molecule has 0 aromatic carbocycles. The summed E-state index contributed by atoms with van der Waals surface area (Å²) in [7, 11) is 0. The lowest BCUT2D eigenvalue weighted by molar-refractivity contribution is 0.935. The highest BCUT2D eigenvalue weighted by atomic mass is 79.9. The normalized spacial score (nSPS) is 11.1. The van der Waals surface area contributed by atoms with Gasteiger partial charge in [-0.25, -0.2) is 4.52 Å². The zero-order valence-corrected chi connectivity index (χ0v) is 12.8. The van der Waals surface area contributed by atoms with Gasteiger partial charge in [-0.3, -0.25) is 0 Å². The molecule has 3 heterocycles. The number of aryl methyl sites for hydroxylation is 1. The van der Waals surface area contributed by atoms with Gasteiger partial charge in [0, 0.05) is 17.6 Å². The lowest BCUT2D eigenvalue weighted by atomic mass is 10.3. The summed E-state index contributed by atoms with van der Waals surface area (Å²) in [6, 6.07) is 8.23. The van der Waals surface area contributed by atoms with Crippen molar-refractivity contribution in [1.82, 2.24) is 14.6 Å². The Labute approximate surface area is 123 Å². The van der Waals surface area contributed by atoms with Gasteiger partial charge in [-0.2, -0.15) is 4.98 Å². The average molecular weight is 337 g/mol. The molecule has 0 saturated heterocycles. The minimum Gasteiger partial charge on any atom is -0.353 e. The molecule has 0 aliphatic rings. The molecular weight excluding hydrogens is 324 g/mol. The predicted octanol–water partition coefficient (Wildman–Crippen LogP) is 3.52. The predicted molar refractivity (Wildman–Crippen MR) is 81.9 cm³/mol.